The molecule has 6 heteroatoms. The maximum absolute atomic E-state index is 13.3. The van der Waals surface area contributed by atoms with Gasteiger partial charge in [0.15, 0.2) is 5.82 Å². The van der Waals surface area contributed by atoms with Gasteiger partial charge in [0.05, 0.1) is 5.52 Å². The third-order valence-electron chi connectivity index (χ3n) is 6.48. The summed E-state index contributed by atoms with van der Waals surface area (Å²) < 4.78 is 0. The highest BCUT2D eigenvalue weighted by molar-refractivity contribution is 5.98. The standard InChI is InChI=1S/C22H25N5O/c1-2-5-19-24-20(26-25-19)17-13-27(14-22(17)9-4-10-22)21(28)16-7-8-18-15(12-16)6-3-11-23-18/h3,6-8,11-12,17H,2,4-5,9-10,13-14H2,1H3,(H,24,25,26). The summed E-state index contributed by atoms with van der Waals surface area (Å²) in [6, 6.07) is 9.69. The van der Waals surface area contributed by atoms with E-state index >= 15 is 0 Å². The summed E-state index contributed by atoms with van der Waals surface area (Å²) in [4.78, 5) is 24.4. The molecule has 2 aromatic heterocycles. The summed E-state index contributed by atoms with van der Waals surface area (Å²) in [5.74, 6) is 2.18. The highest BCUT2D eigenvalue weighted by Crippen LogP contribution is 2.55. The topological polar surface area (TPSA) is 74.8 Å². The molecule has 1 spiro atoms. The monoisotopic (exact) mass is 375 g/mol. The summed E-state index contributed by atoms with van der Waals surface area (Å²) in [6.07, 6.45) is 7.28. The van der Waals surface area contributed by atoms with Crippen molar-refractivity contribution in [2.75, 3.05) is 13.1 Å². The Morgan fingerprint density at radius 3 is 3.00 bits per heavy atom. The molecule has 1 unspecified atom stereocenters. The SMILES string of the molecule is CCCc1nc(C2CN(C(=O)c3ccc4ncccc4c3)CC23CCC3)n[nH]1. The van der Waals surface area contributed by atoms with Gasteiger partial charge in [-0.2, -0.15) is 5.10 Å². The molecule has 1 aliphatic heterocycles. The second-order valence-corrected chi connectivity index (χ2v) is 8.26. The number of H-pyrrole nitrogens is 1. The van der Waals surface area contributed by atoms with Crippen molar-refractivity contribution in [1.29, 1.82) is 0 Å². The largest absolute Gasteiger partial charge is 0.337 e. The molecule has 3 heterocycles. The maximum atomic E-state index is 13.3. The number of hydrogen-bond donors (Lipinski definition) is 1. The van der Waals surface area contributed by atoms with E-state index in [1.165, 1.54) is 6.42 Å². The number of aromatic nitrogens is 4. The number of carbonyl (C=O) groups is 1. The summed E-state index contributed by atoms with van der Waals surface area (Å²) in [5, 5.41) is 8.61. The van der Waals surface area contributed by atoms with Gasteiger partial charge in [0.2, 0.25) is 0 Å². The van der Waals surface area contributed by atoms with Crippen LogP contribution in [0.3, 0.4) is 0 Å². The van der Waals surface area contributed by atoms with Crippen LogP contribution in [-0.4, -0.2) is 44.1 Å². The van der Waals surface area contributed by atoms with Crippen LogP contribution in [0.15, 0.2) is 36.5 Å². The lowest BCUT2D eigenvalue weighted by Gasteiger charge is -2.41. The predicted molar refractivity (Wildman–Crippen MR) is 107 cm³/mol. The van der Waals surface area contributed by atoms with Crippen molar-refractivity contribution >= 4 is 16.8 Å². The second-order valence-electron chi connectivity index (χ2n) is 8.26. The van der Waals surface area contributed by atoms with Crippen molar-refractivity contribution in [2.45, 2.75) is 44.9 Å². The molecule has 1 saturated heterocycles. The van der Waals surface area contributed by atoms with E-state index in [9.17, 15) is 4.79 Å². The van der Waals surface area contributed by atoms with Gasteiger partial charge in [-0.25, -0.2) is 4.98 Å². The Labute approximate surface area is 164 Å². The van der Waals surface area contributed by atoms with E-state index in [2.05, 4.69) is 22.1 Å². The summed E-state index contributed by atoms with van der Waals surface area (Å²) >= 11 is 0. The van der Waals surface area contributed by atoms with Crippen LogP contribution in [0.4, 0.5) is 0 Å². The molecule has 0 radical (unpaired) electrons. The van der Waals surface area contributed by atoms with Crippen LogP contribution in [0.2, 0.25) is 0 Å². The zero-order valence-corrected chi connectivity index (χ0v) is 16.2. The Kier molecular flexibility index (Phi) is 4.14. The fourth-order valence-corrected chi connectivity index (χ4v) is 4.82. The van der Waals surface area contributed by atoms with Crippen LogP contribution in [-0.2, 0) is 6.42 Å². The molecule has 3 aromatic rings. The third kappa shape index (κ3) is 2.79. The molecule has 1 amide bonds. The van der Waals surface area contributed by atoms with Gasteiger partial charge in [-0.1, -0.05) is 19.4 Å². The van der Waals surface area contributed by atoms with Gasteiger partial charge in [-0.15, -0.1) is 0 Å². The highest BCUT2D eigenvalue weighted by atomic mass is 16.2. The number of hydrogen-bond acceptors (Lipinski definition) is 4. The molecule has 1 saturated carbocycles. The van der Waals surface area contributed by atoms with Crippen LogP contribution in [0.1, 0.15) is 60.5 Å². The number of likely N-dealkylation sites (tertiary alicyclic amines) is 1. The highest BCUT2D eigenvalue weighted by Gasteiger charge is 2.53. The zero-order chi connectivity index (χ0) is 19.1. The zero-order valence-electron chi connectivity index (χ0n) is 16.2. The van der Waals surface area contributed by atoms with Gasteiger partial charge in [0.1, 0.15) is 5.82 Å². The number of pyridine rings is 1. The minimum Gasteiger partial charge on any atom is -0.337 e. The average molecular weight is 375 g/mol. The first-order valence-corrected chi connectivity index (χ1v) is 10.2. The Balaban J connectivity index is 1.41. The van der Waals surface area contributed by atoms with Crippen LogP contribution in [0.5, 0.6) is 0 Å². The Morgan fingerprint density at radius 2 is 2.21 bits per heavy atom. The maximum Gasteiger partial charge on any atom is 0.253 e. The molecule has 1 atom stereocenters. The van der Waals surface area contributed by atoms with Crippen molar-refractivity contribution in [3.63, 3.8) is 0 Å². The first-order chi connectivity index (χ1) is 13.7. The molecule has 2 aliphatic rings. The number of aryl methyl sites for hydroxylation is 1. The third-order valence-corrected chi connectivity index (χ3v) is 6.48. The van der Waals surface area contributed by atoms with E-state index in [1.807, 2.05) is 35.2 Å². The van der Waals surface area contributed by atoms with E-state index in [4.69, 9.17) is 4.98 Å². The van der Waals surface area contributed by atoms with Gasteiger partial charge in [0.25, 0.3) is 5.91 Å². The first kappa shape index (κ1) is 17.3. The minimum absolute atomic E-state index is 0.101. The van der Waals surface area contributed by atoms with Gasteiger partial charge in [0, 0.05) is 42.6 Å². The van der Waals surface area contributed by atoms with Gasteiger partial charge in [-0.3, -0.25) is 14.9 Å². The summed E-state index contributed by atoms with van der Waals surface area (Å²) in [5.41, 5.74) is 1.80. The number of benzene rings is 1. The minimum atomic E-state index is 0.101. The number of aromatic amines is 1. The quantitative estimate of drug-likeness (QED) is 0.754. The fraction of sp³-hybridized carbons (Fsp3) is 0.455. The van der Waals surface area contributed by atoms with E-state index in [1.54, 1.807) is 6.20 Å². The van der Waals surface area contributed by atoms with Crippen molar-refractivity contribution in [2.24, 2.45) is 5.41 Å². The molecule has 28 heavy (non-hydrogen) atoms. The van der Waals surface area contributed by atoms with Gasteiger partial charge >= 0.3 is 0 Å². The number of nitrogens with zero attached hydrogens (tertiary/aromatic N) is 4. The lowest BCUT2D eigenvalue weighted by atomic mass is 9.62. The van der Waals surface area contributed by atoms with Crippen LogP contribution < -0.4 is 0 Å². The van der Waals surface area contributed by atoms with E-state index in [0.717, 1.165) is 60.3 Å². The Hall–Kier alpha value is -2.76. The van der Waals surface area contributed by atoms with Gasteiger partial charge in [-0.05, 0) is 48.9 Å². The number of rotatable bonds is 4. The van der Waals surface area contributed by atoms with Crippen molar-refractivity contribution in [3.8, 4) is 0 Å². The summed E-state index contributed by atoms with van der Waals surface area (Å²) in [7, 11) is 0. The first-order valence-electron chi connectivity index (χ1n) is 10.2. The summed E-state index contributed by atoms with van der Waals surface area (Å²) in [6.45, 7) is 3.65. The second kappa shape index (κ2) is 6.69. The Morgan fingerprint density at radius 1 is 1.32 bits per heavy atom. The van der Waals surface area contributed by atoms with Crippen molar-refractivity contribution in [3.05, 3.63) is 53.7 Å². The van der Waals surface area contributed by atoms with Crippen molar-refractivity contribution < 1.29 is 4.79 Å². The van der Waals surface area contributed by atoms with Crippen LogP contribution in [0, 0.1) is 5.41 Å². The predicted octanol–water partition coefficient (Wildman–Crippen LogP) is 3.72. The molecule has 1 aromatic carbocycles. The smallest absolute Gasteiger partial charge is 0.253 e. The van der Waals surface area contributed by atoms with E-state index in [0.29, 0.717) is 6.54 Å². The number of nitrogens with one attached hydrogen (secondary N) is 1. The fourth-order valence-electron chi connectivity index (χ4n) is 4.82. The number of amides is 1. The molecule has 144 valence electrons. The lowest BCUT2D eigenvalue weighted by molar-refractivity contribution is 0.0724. The number of carbonyl (C=O) groups excluding carboxylic acids is 1. The van der Waals surface area contributed by atoms with Gasteiger partial charge < -0.3 is 4.90 Å². The normalized spacial score (nSPS) is 20.6. The Bertz CT molecular complexity index is 1020. The van der Waals surface area contributed by atoms with Crippen LogP contribution >= 0.6 is 0 Å². The number of fused-ring (bicyclic) bond motifs is 1. The molecular weight excluding hydrogens is 350 g/mol. The molecule has 1 N–H and O–H groups in total. The van der Waals surface area contributed by atoms with Crippen LogP contribution in [0.25, 0.3) is 10.9 Å². The molecule has 0 bridgehead atoms. The molecule has 6 nitrogen and oxygen atoms in total. The van der Waals surface area contributed by atoms with Crippen molar-refractivity contribution in [1.82, 2.24) is 25.1 Å². The molecule has 5 rings (SSSR count). The average Bonchev–Trinajstić information content (AvgIpc) is 3.32. The van der Waals surface area contributed by atoms with E-state index in [-0.39, 0.29) is 17.2 Å². The molecule has 1 aliphatic carbocycles. The lowest BCUT2D eigenvalue weighted by Crippen LogP contribution is -2.38. The molecule has 2 fully saturated rings. The van der Waals surface area contributed by atoms with E-state index < -0.39 is 0 Å². The molecular formula is C22H25N5O.